The predicted molar refractivity (Wildman–Crippen MR) is 172 cm³/mol. The van der Waals surface area contributed by atoms with Crippen molar-refractivity contribution in [3.8, 4) is 11.5 Å². The van der Waals surface area contributed by atoms with Crippen molar-refractivity contribution in [2.75, 3.05) is 13.2 Å². The lowest BCUT2D eigenvalue weighted by atomic mass is 9.78. The molecule has 2 nitrogen and oxygen atoms in total. The third-order valence-electron chi connectivity index (χ3n) is 7.77. The lowest BCUT2D eigenvalue weighted by molar-refractivity contribution is 0.316. The van der Waals surface area contributed by atoms with Crippen molar-refractivity contribution in [1.29, 1.82) is 0 Å². The molecular weight excluding hydrogens is 501 g/mol. The standard InChI is InChI=1S/C32H48O2Si3/c1-10-33-27-16-12-25(13-17-27)32(2,3)26-14-18-28(19-15-26)34-20-11-21-37(8,9)31-23-29(35(4)5)22-30(24-31)36(6)7/h12-19,22-24,35-36H,10-11,20-21H2,1-9H3. The molecule has 0 spiro atoms. The minimum absolute atomic E-state index is 0.0794. The molecule has 5 heteroatoms. The van der Waals surface area contributed by atoms with Crippen LogP contribution in [0.15, 0.2) is 66.7 Å². The fourth-order valence-electron chi connectivity index (χ4n) is 4.85. The van der Waals surface area contributed by atoms with Gasteiger partial charge in [-0.25, -0.2) is 0 Å². The van der Waals surface area contributed by atoms with E-state index in [0.717, 1.165) is 24.5 Å². The highest BCUT2D eigenvalue weighted by molar-refractivity contribution is 6.90. The maximum Gasteiger partial charge on any atom is 0.119 e. The van der Waals surface area contributed by atoms with E-state index < -0.39 is 25.7 Å². The van der Waals surface area contributed by atoms with Crippen LogP contribution in [0.4, 0.5) is 0 Å². The van der Waals surface area contributed by atoms with Gasteiger partial charge in [0.25, 0.3) is 0 Å². The molecule has 0 atom stereocenters. The van der Waals surface area contributed by atoms with Crippen LogP contribution < -0.4 is 25.0 Å². The normalized spacial score (nSPS) is 12.3. The summed E-state index contributed by atoms with van der Waals surface area (Å²) in [6.07, 6.45) is 1.11. The van der Waals surface area contributed by atoms with Gasteiger partial charge in [0.1, 0.15) is 11.5 Å². The number of ether oxygens (including phenoxy) is 2. The first kappa shape index (κ1) is 29.5. The Bertz CT molecular complexity index is 1110. The molecule has 0 aliphatic rings. The molecule has 0 heterocycles. The Labute approximate surface area is 230 Å². The molecule has 3 rings (SSSR count). The van der Waals surface area contributed by atoms with Gasteiger partial charge in [0.05, 0.1) is 38.9 Å². The minimum Gasteiger partial charge on any atom is -0.494 e. The van der Waals surface area contributed by atoms with Gasteiger partial charge < -0.3 is 9.47 Å². The highest BCUT2D eigenvalue weighted by Gasteiger charge is 2.25. The molecule has 0 bridgehead atoms. The van der Waals surface area contributed by atoms with Gasteiger partial charge in [-0.05, 0) is 48.7 Å². The Morgan fingerprint density at radius 3 is 1.59 bits per heavy atom. The zero-order valence-corrected chi connectivity index (χ0v) is 28.0. The third kappa shape index (κ3) is 7.71. The highest BCUT2D eigenvalue weighted by atomic mass is 28.3. The summed E-state index contributed by atoms with van der Waals surface area (Å²) >= 11 is 0. The second kappa shape index (κ2) is 12.6. The number of rotatable bonds is 12. The Morgan fingerprint density at radius 1 is 0.703 bits per heavy atom. The summed E-state index contributed by atoms with van der Waals surface area (Å²) in [7, 11) is -3.10. The van der Waals surface area contributed by atoms with E-state index in [-0.39, 0.29) is 5.41 Å². The number of hydrogen-bond donors (Lipinski definition) is 0. The van der Waals surface area contributed by atoms with Gasteiger partial charge in [0, 0.05) is 5.41 Å². The highest BCUT2D eigenvalue weighted by Crippen LogP contribution is 2.33. The van der Waals surface area contributed by atoms with Crippen LogP contribution in [0.25, 0.3) is 0 Å². The largest absolute Gasteiger partial charge is 0.494 e. The van der Waals surface area contributed by atoms with Crippen molar-refractivity contribution >= 4 is 41.2 Å². The summed E-state index contributed by atoms with van der Waals surface area (Å²) in [6.45, 7) is 22.9. The maximum atomic E-state index is 6.20. The maximum absolute atomic E-state index is 6.20. The number of hydrogen-bond acceptors (Lipinski definition) is 2. The summed E-state index contributed by atoms with van der Waals surface area (Å²) in [4.78, 5) is 0. The predicted octanol–water partition coefficient (Wildman–Crippen LogP) is 6.18. The van der Waals surface area contributed by atoms with E-state index in [1.165, 1.54) is 17.2 Å². The molecule has 0 fully saturated rings. The number of benzene rings is 3. The van der Waals surface area contributed by atoms with Gasteiger partial charge in [-0.3, -0.25) is 0 Å². The Hall–Kier alpha value is -2.09. The summed E-state index contributed by atoms with van der Waals surface area (Å²) in [6, 6.07) is 26.1. The van der Waals surface area contributed by atoms with Crippen LogP contribution in [0, 0.1) is 0 Å². The summed E-state index contributed by atoms with van der Waals surface area (Å²) in [5.41, 5.74) is 2.49. The van der Waals surface area contributed by atoms with Gasteiger partial charge >= 0.3 is 0 Å². The van der Waals surface area contributed by atoms with Crippen LogP contribution >= 0.6 is 0 Å². The molecule has 0 aliphatic carbocycles. The summed E-state index contributed by atoms with van der Waals surface area (Å²) in [5, 5.41) is 4.96. The van der Waals surface area contributed by atoms with Crippen molar-refractivity contribution in [3.05, 3.63) is 77.9 Å². The van der Waals surface area contributed by atoms with Crippen LogP contribution in [0.3, 0.4) is 0 Å². The van der Waals surface area contributed by atoms with Crippen molar-refractivity contribution in [1.82, 2.24) is 0 Å². The van der Waals surface area contributed by atoms with Crippen molar-refractivity contribution in [2.24, 2.45) is 0 Å². The molecule has 3 aromatic carbocycles. The second-order valence-electron chi connectivity index (χ2n) is 12.1. The topological polar surface area (TPSA) is 18.5 Å². The zero-order chi connectivity index (χ0) is 27.2. The third-order valence-corrected chi connectivity index (χ3v) is 14.6. The average Bonchev–Trinajstić information content (AvgIpc) is 2.87. The quantitative estimate of drug-likeness (QED) is 0.199. The molecule has 37 heavy (non-hydrogen) atoms. The van der Waals surface area contributed by atoms with Gasteiger partial charge in [-0.2, -0.15) is 0 Å². The van der Waals surface area contributed by atoms with E-state index >= 15 is 0 Å². The van der Waals surface area contributed by atoms with Crippen LogP contribution in [0.5, 0.6) is 11.5 Å². The molecule has 0 N–H and O–H groups in total. The van der Waals surface area contributed by atoms with E-state index in [2.05, 4.69) is 120 Å². The molecular formula is C32H48O2Si3. The first-order valence-electron chi connectivity index (χ1n) is 14.1. The smallest absolute Gasteiger partial charge is 0.119 e. The molecule has 0 aliphatic heterocycles. The molecule has 0 amide bonds. The van der Waals surface area contributed by atoms with E-state index in [9.17, 15) is 0 Å². The van der Waals surface area contributed by atoms with Gasteiger partial charge in [0.2, 0.25) is 0 Å². The molecule has 0 aromatic heterocycles. The Morgan fingerprint density at radius 2 is 1.16 bits per heavy atom. The van der Waals surface area contributed by atoms with E-state index in [0.29, 0.717) is 6.61 Å². The summed E-state index contributed by atoms with van der Waals surface area (Å²) in [5.74, 6) is 1.89. The molecule has 0 saturated carbocycles. The first-order valence-corrected chi connectivity index (χ1v) is 23.0. The van der Waals surface area contributed by atoms with Crippen LogP contribution in [0.2, 0.25) is 45.3 Å². The monoisotopic (exact) mass is 548 g/mol. The van der Waals surface area contributed by atoms with Crippen LogP contribution in [-0.2, 0) is 5.41 Å². The molecule has 0 unspecified atom stereocenters. The van der Waals surface area contributed by atoms with Crippen molar-refractivity contribution < 1.29 is 9.47 Å². The summed E-state index contributed by atoms with van der Waals surface area (Å²) < 4.78 is 11.8. The van der Waals surface area contributed by atoms with Crippen molar-refractivity contribution in [2.45, 2.75) is 77.9 Å². The second-order valence-corrected chi connectivity index (χ2v) is 22.9. The lowest BCUT2D eigenvalue weighted by Gasteiger charge is -2.27. The van der Waals surface area contributed by atoms with E-state index in [1.54, 1.807) is 15.6 Å². The van der Waals surface area contributed by atoms with Gasteiger partial charge in [-0.15, -0.1) is 0 Å². The Balaban J connectivity index is 1.59. The lowest BCUT2D eigenvalue weighted by Crippen LogP contribution is -2.47. The molecule has 3 aromatic rings. The fraction of sp³-hybridized carbons (Fsp3) is 0.438. The average molecular weight is 549 g/mol. The molecule has 200 valence electrons. The Kier molecular flexibility index (Phi) is 10.1. The van der Waals surface area contributed by atoms with Crippen LogP contribution in [-0.4, -0.2) is 38.9 Å². The van der Waals surface area contributed by atoms with Gasteiger partial charge in [-0.1, -0.05) is 117 Å². The molecule has 0 radical (unpaired) electrons. The zero-order valence-electron chi connectivity index (χ0n) is 24.7. The van der Waals surface area contributed by atoms with E-state index in [1.807, 2.05) is 6.92 Å². The SMILES string of the molecule is CCOc1ccc(C(C)(C)c2ccc(OCCC[Si](C)(C)c3cc([SiH](C)C)cc([SiH](C)C)c3)cc2)cc1. The van der Waals surface area contributed by atoms with Crippen LogP contribution in [0.1, 0.15) is 38.3 Å². The minimum atomic E-state index is -1.50. The van der Waals surface area contributed by atoms with Gasteiger partial charge in [0.15, 0.2) is 0 Å². The van der Waals surface area contributed by atoms with Crippen molar-refractivity contribution in [3.63, 3.8) is 0 Å². The molecule has 0 saturated heterocycles. The first-order chi connectivity index (χ1) is 17.4. The fourth-order valence-corrected chi connectivity index (χ4v) is 9.89. The van der Waals surface area contributed by atoms with E-state index in [4.69, 9.17) is 9.47 Å².